The van der Waals surface area contributed by atoms with Crippen molar-refractivity contribution in [3.8, 4) is 0 Å². The summed E-state index contributed by atoms with van der Waals surface area (Å²) in [6, 6.07) is 18.6. The fourth-order valence-corrected chi connectivity index (χ4v) is 4.66. The summed E-state index contributed by atoms with van der Waals surface area (Å²) < 4.78 is 28.6. The van der Waals surface area contributed by atoms with Crippen LogP contribution in [-0.2, 0) is 10.0 Å². The number of benzene rings is 3. The number of amides is 1. The standard InChI is InChI=1S/C22H20BrN3O3S2/c1-14-11-15(2)13-17(12-14)26-31(28,29)18-9-7-16(8-10-18)24-22(30)25-21(27)19-5-3-4-6-20(19)23/h3-13,26H,1-2H3,(H2,24,25,27,30). The highest BCUT2D eigenvalue weighted by Gasteiger charge is 2.15. The van der Waals surface area contributed by atoms with E-state index in [-0.39, 0.29) is 15.9 Å². The van der Waals surface area contributed by atoms with E-state index in [0.717, 1.165) is 11.1 Å². The largest absolute Gasteiger partial charge is 0.332 e. The fourth-order valence-electron chi connectivity index (χ4n) is 2.94. The number of carbonyl (C=O) groups is 1. The molecule has 0 heterocycles. The van der Waals surface area contributed by atoms with Gasteiger partial charge >= 0.3 is 0 Å². The Morgan fingerprint density at radius 3 is 2.13 bits per heavy atom. The molecule has 0 spiro atoms. The molecule has 6 nitrogen and oxygen atoms in total. The molecule has 0 aliphatic heterocycles. The number of carbonyl (C=O) groups excluding carboxylic acids is 1. The maximum absolute atomic E-state index is 12.7. The minimum absolute atomic E-state index is 0.102. The summed E-state index contributed by atoms with van der Waals surface area (Å²) in [7, 11) is -3.74. The number of hydrogen-bond donors (Lipinski definition) is 3. The molecular weight excluding hydrogens is 498 g/mol. The summed E-state index contributed by atoms with van der Waals surface area (Å²) in [5.74, 6) is -0.359. The predicted octanol–water partition coefficient (Wildman–Crippen LogP) is 4.99. The maximum Gasteiger partial charge on any atom is 0.261 e. The SMILES string of the molecule is Cc1cc(C)cc(NS(=O)(=O)c2ccc(NC(=S)NC(=O)c3ccccc3Br)cc2)c1. The van der Waals surface area contributed by atoms with Crippen LogP contribution in [0.3, 0.4) is 0 Å². The molecule has 0 aliphatic carbocycles. The zero-order chi connectivity index (χ0) is 22.6. The highest BCUT2D eigenvalue weighted by molar-refractivity contribution is 9.10. The van der Waals surface area contributed by atoms with Crippen molar-refractivity contribution >= 4 is 60.6 Å². The molecule has 0 unspecified atom stereocenters. The van der Waals surface area contributed by atoms with Crippen molar-refractivity contribution in [2.24, 2.45) is 0 Å². The second-order valence-electron chi connectivity index (χ2n) is 6.89. The van der Waals surface area contributed by atoms with E-state index >= 15 is 0 Å². The first-order chi connectivity index (χ1) is 14.6. The molecule has 0 saturated heterocycles. The molecule has 0 bridgehead atoms. The number of rotatable bonds is 5. The molecule has 3 N–H and O–H groups in total. The molecule has 3 aromatic rings. The minimum Gasteiger partial charge on any atom is -0.332 e. The van der Waals surface area contributed by atoms with Crippen molar-refractivity contribution in [1.82, 2.24) is 5.32 Å². The number of halogens is 1. The van der Waals surface area contributed by atoms with E-state index < -0.39 is 10.0 Å². The van der Waals surface area contributed by atoms with Gasteiger partial charge in [0.1, 0.15) is 0 Å². The third kappa shape index (κ3) is 6.13. The second-order valence-corrected chi connectivity index (χ2v) is 9.84. The normalized spacial score (nSPS) is 10.9. The zero-order valence-electron chi connectivity index (χ0n) is 16.8. The Balaban J connectivity index is 1.66. The maximum atomic E-state index is 12.7. The molecule has 0 saturated carbocycles. The van der Waals surface area contributed by atoms with Crippen molar-refractivity contribution < 1.29 is 13.2 Å². The van der Waals surface area contributed by atoms with Crippen molar-refractivity contribution in [2.45, 2.75) is 18.7 Å². The van der Waals surface area contributed by atoms with Crippen LogP contribution in [0.4, 0.5) is 11.4 Å². The van der Waals surface area contributed by atoms with Gasteiger partial charge in [-0.15, -0.1) is 0 Å². The van der Waals surface area contributed by atoms with Crippen LogP contribution < -0.4 is 15.4 Å². The van der Waals surface area contributed by atoms with Gasteiger partial charge in [0.15, 0.2) is 5.11 Å². The van der Waals surface area contributed by atoms with Crippen LogP contribution in [-0.4, -0.2) is 19.4 Å². The molecule has 3 rings (SSSR count). The number of nitrogens with one attached hydrogen (secondary N) is 3. The van der Waals surface area contributed by atoms with Gasteiger partial charge in [-0.3, -0.25) is 14.8 Å². The van der Waals surface area contributed by atoms with Crippen molar-refractivity contribution in [3.63, 3.8) is 0 Å². The van der Waals surface area contributed by atoms with Crippen LogP contribution in [0.2, 0.25) is 0 Å². The van der Waals surface area contributed by atoms with Crippen molar-refractivity contribution in [2.75, 3.05) is 10.0 Å². The van der Waals surface area contributed by atoms with E-state index in [9.17, 15) is 13.2 Å². The highest BCUT2D eigenvalue weighted by atomic mass is 79.9. The van der Waals surface area contributed by atoms with Gasteiger partial charge in [0.05, 0.1) is 10.5 Å². The molecule has 9 heteroatoms. The number of hydrogen-bond acceptors (Lipinski definition) is 4. The Kier molecular flexibility index (Phi) is 7.09. The van der Waals surface area contributed by atoms with Gasteiger partial charge in [-0.05, 0) is 102 Å². The second kappa shape index (κ2) is 9.59. The lowest BCUT2D eigenvalue weighted by Crippen LogP contribution is -2.34. The van der Waals surface area contributed by atoms with Crippen LogP contribution in [0, 0.1) is 13.8 Å². The van der Waals surface area contributed by atoms with Crippen LogP contribution in [0.25, 0.3) is 0 Å². The Hall–Kier alpha value is -2.75. The van der Waals surface area contributed by atoms with E-state index in [0.29, 0.717) is 21.4 Å². The summed E-state index contributed by atoms with van der Waals surface area (Å²) in [6.07, 6.45) is 0. The van der Waals surface area contributed by atoms with E-state index in [4.69, 9.17) is 12.2 Å². The van der Waals surface area contributed by atoms with Crippen LogP contribution in [0.5, 0.6) is 0 Å². The Bertz CT molecular complexity index is 1220. The summed E-state index contributed by atoms with van der Waals surface area (Å²) in [4.78, 5) is 12.4. The molecule has 0 fully saturated rings. The molecule has 1 amide bonds. The summed E-state index contributed by atoms with van der Waals surface area (Å²) in [6.45, 7) is 3.81. The van der Waals surface area contributed by atoms with Gasteiger partial charge in [-0.25, -0.2) is 8.42 Å². The van der Waals surface area contributed by atoms with Gasteiger partial charge in [0, 0.05) is 15.8 Å². The average molecular weight is 518 g/mol. The van der Waals surface area contributed by atoms with Crippen LogP contribution in [0.15, 0.2) is 76.1 Å². The summed E-state index contributed by atoms with van der Waals surface area (Å²) in [5.41, 5.74) is 3.44. The molecule has 3 aromatic carbocycles. The highest BCUT2D eigenvalue weighted by Crippen LogP contribution is 2.20. The van der Waals surface area contributed by atoms with Crippen molar-refractivity contribution in [1.29, 1.82) is 0 Å². The Morgan fingerprint density at radius 1 is 0.903 bits per heavy atom. The number of thiocarbonyl (C=S) groups is 1. The smallest absolute Gasteiger partial charge is 0.261 e. The summed E-state index contributed by atoms with van der Waals surface area (Å²) in [5, 5.41) is 5.57. The first kappa shape index (κ1) is 22.9. The third-order valence-corrected chi connectivity index (χ3v) is 6.53. The van der Waals surface area contributed by atoms with Gasteiger partial charge in [0.2, 0.25) is 0 Å². The first-order valence-corrected chi connectivity index (χ1v) is 11.9. The van der Waals surface area contributed by atoms with Crippen LogP contribution in [0.1, 0.15) is 21.5 Å². The fraction of sp³-hybridized carbons (Fsp3) is 0.0909. The lowest BCUT2D eigenvalue weighted by atomic mass is 10.1. The molecule has 0 aromatic heterocycles. The molecule has 31 heavy (non-hydrogen) atoms. The number of anilines is 2. The van der Waals surface area contributed by atoms with Crippen molar-refractivity contribution in [3.05, 3.63) is 87.9 Å². The third-order valence-electron chi connectivity index (χ3n) is 4.24. The van der Waals surface area contributed by atoms with Gasteiger partial charge < -0.3 is 5.32 Å². The Morgan fingerprint density at radius 2 is 1.52 bits per heavy atom. The molecule has 0 radical (unpaired) electrons. The molecule has 0 aliphatic rings. The van der Waals surface area contributed by atoms with Gasteiger partial charge in [-0.1, -0.05) is 18.2 Å². The van der Waals surface area contributed by atoms with E-state index in [1.54, 1.807) is 42.5 Å². The summed E-state index contributed by atoms with van der Waals surface area (Å²) >= 11 is 8.51. The zero-order valence-corrected chi connectivity index (χ0v) is 20.0. The van der Waals surface area contributed by atoms with E-state index in [2.05, 4.69) is 31.3 Å². The number of aryl methyl sites for hydroxylation is 2. The quantitative estimate of drug-likeness (QED) is 0.414. The topological polar surface area (TPSA) is 87.3 Å². The van der Waals surface area contributed by atoms with Crippen LogP contribution >= 0.6 is 28.1 Å². The van der Waals surface area contributed by atoms with E-state index in [1.807, 2.05) is 26.0 Å². The molecular formula is C22H20BrN3O3S2. The van der Waals surface area contributed by atoms with Gasteiger partial charge in [-0.2, -0.15) is 0 Å². The lowest BCUT2D eigenvalue weighted by Gasteiger charge is -2.12. The first-order valence-electron chi connectivity index (χ1n) is 9.22. The lowest BCUT2D eigenvalue weighted by molar-refractivity contribution is 0.0977. The predicted molar refractivity (Wildman–Crippen MR) is 131 cm³/mol. The molecule has 160 valence electrons. The average Bonchev–Trinajstić information content (AvgIpc) is 2.67. The Labute approximate surface area is 195 Å². The number of sulfonamides is 1. The minimum atomic E-state index is -3.74. The molecule has 0 atom stereocenters. The monoisotopic (exact) mass is 517 g/mol. The van der Waals surface area contributed by atoms with E-state index in [1.165, 1.54) is 12.1 Å². The van der Waals surface area contributed by atoms with Gasteiger partial charge in [0.25, 0.3) is 15.9 Å².